The van der Waals surface area contributed by atoms with Crippen LogP contribution in [0.15, 0.2) is 24.3 Å². The summed E-state index contributed by atoms with van der Waals surface area (Å²) >= 11 is 0. The minimum absolute atomic E-state index is 0.0550. The van der Waals surface area contributed by atoms with Gasteiger partial charge in [0.25, 0.3) is 0 Å². The van der Waals surface area contributed by atoms with Gasteiger partial charge in [0, 0.05) is 0 Å². The predicted molar refractivity (Wildman–Crippen MR) is 94.7 cm³/mol. The summed E-state index contributed by atoms with van der Waals surface area (Å²) in [6.07, 6.45) is 7.74. The molecule has 0 aromatic heterocycles. The molecule has 2 nitrogen and oxygen atoms in total. The lowest BCUT2D eigenvalue weighted by Gasteiger charge is -2.09. The predicted octanol–water partition coefficient (Wildman–Crippen LogP) is 6.50. The highest BCUT2D eigenvalue weighted by Gasteiger charge is 2.30. The minimum atomic E-state index is -2.33. The molecule has 0 aliphatic heterocycles. The second-order valence-electron chi connectivity index (χ2n) is 6.50. The average molecular weight is 400 g/mol. The summed E-state index contributed by atoms with van der Waals surface area (Å²) in [5, 5.41) is 0. The number of unbranched alkanes of at least 4 members (excludes halogenated alkanes) is 5. The zero-order chi connectivity index (χ0) is 20.7. The van der Waals surface area contributed by atoms with Crippen molar-refractivity contribution in [2.24, 2.45) is 0 Å². The number of hydrogen-bond acceptors (Lipinski definition) is 2. The third-order valence-corrected chi connectivity index (χ3v) is 4.37. The van der Waals surface area contributed by atoms with Gasteiger partial charge in [-0.1, -0.05) is 51.2 Å². The molecule has 0 unspecified atom stereocenters. The van der Waals surface area contributed by atoms with E-state index in [1.165, 1.54) is 37.8 Å². The Balaban J connectivity index is 1.98. The number of aryl methyl sites for hydroxylation is 1. The molecular weight excluding hydrogens is 379 g/mol. The average Bonchev–Trinajstić information content (AvgIpc) is 2.69. The lowest BCUT2D eigenvalue weighted by atomic mass is 10.0. The quantitative estimate of drug-likeness (QED) is 0.120. The number of hydrogen-bond donors (Lipinski definition) is 0. The molecule has 0 amide bonds. The third kappa shape index (κ3) is 5.30. The van der Waals surface area contributed by atoms with Gasteiger partial charge < -0.3 is 4.74 Å². The van der Waals surface area contributed by atoms with Crippen molar-refractivity contribution >= 4 is 5.97 Å². The monoisotopic (exact) mass is 400 g/mol. The van der Waals surface area contributed by atoms with E-state index in [2.05, 4.69) is 6.92 Å². The fraction of sp³-hybridized carbons (Fsp3) is 0.381. The summed E-state index contributed by atoms with van der Waals surface area (Å²) in [5.41, 5.74) is -0.626. The third-order valence-electron chi connectivity index (χ3n) is 4.37. The van der Waals surface area contributed by atoms with Crippen molar-refractivity contribution in [3.05, 3.63) is 64.5 Å². The smallest absolute Gasteiger partial charge is 0.349 e. The van der Waals surface area contributed by atoms with Crippen molar-refractivity contribution in [3.63, 3.8) is 0 Å². The van der Waals surface area contributed by atoms with Gasteiger partial charge in [-0.05, 0) is 30.5 Å². The largest absolute Gasteiger partial charge is 0.423 e. The number of carbonyl (C=O) groups excluding carboxylic acids is 1. The first-order valence-corrected chi connectivity index (χ1v) is 9.19. The molecule has 0 radical (unpaired) electrons. The van der Waals surface area contributed by atoms with E-state index in [4.69, 9.17) is 4.74 Å². The molecule has 7 heteroatoms. The van der Waals surface area contributed by atoms with Gasteiger partial charge in [-0.2, -0.15) is 0 Å². The minimum Gasteiger partial charge on any atom is -0.423 e. The van der Waals surface area contributed by atoms with E-state index in [-0.39, 0.29) is 5.75 Å². The molecule has 0 atom stereocenters. The standard InChI is InChI=1S/C21H21F5O2/c1-2-3-4-5-6-7-8-13-9-11-14(12-10-13)28-21(27)15-16(22)18(24)20(26)19(25)17(15)23/h9-12H,2-8H2,1H3. The first-order chi connectivity index (χ1) is 13.4. The maximum absolute atomic E-state index is 13.6. The van der Waals surface area contributed by atoms with E-state index >= 15 is 0 Å². The van der Waals surface area contributed by atoms with Crippen LogP contribution in [-0.4, -0.2) is 5.97 Å². The van der Waals surface area contributed by atoms with Crippen LogP contribution < -0.4 is 4.74 Å². The van der Waals surface area contributed by atoms with Gasteiger partial charge in [0.05, 0.1) is 0 Å². The van der Waals surface area contributed by atoms with Gasteiger partial charge in [-0.15, -0.1) is 0 Å². The summed E-state index contributed by atoms with van der Waals surface area (Å²) < 4.78 is 71.5. The molecule has 0 N–H and O–H groups in total. The number of rotatable bonds is 9. The van der Waals surface area contributed by atoms with Crippen LogP contribution in [0.5, 0.6) is 5.75 Å². The SMILES string of the molecule is CCCCCCCCc1ccc(OC(=O)c2c(F)c(F)c(F)c(F)c2F)cc1. The topological polar surface area (TPSA) is 26.3 Å². The van der Waals surface area contributed by atoms with Crippen LogP contribution in [0.2, 0.25) is 0 Å². The van der Waals surface area contributed by atoms with E-state index in [0.717, 1.165) is 24.8 Å². The highest BCUT2D eigenvalue weighted by molar-refractivity contribution is 5.91. The number of carbonyl (C=O) groups is 1. The number of esters is 1. The lowest BCUT2D eigenvalue weighted by Crippen LogP contribution is -2.17. The molecular formula is C21H21F5O2. The van der Waals surface area contributed by atoms with Crippen molar-refractivity contribution in [2.45, 2.75) is 51.9 Å². The van der Waals surface area contributed by atoms with Crippen molar-refractivity contribution in [3.8, 4) is 5.75 Å². The number of benzene rings is 2. The van der Waals surface area contributed by atoms with E-state index in [1.54, 1.807) is 12.1 Å². The Bertz CT molecular complexity index is 790. The van der Waals surface area contributed by atoms with Gasteiger partial charge in [-0.25, -0.2) is 26.7 Å². The molecule has 0 aliphatic rings. The Labute approximate surface area is 160 Å². The van der Waals surface area contributed by atoms with Crippen LogP contribution in [0, 0.1) is 29.1 Å². The van der Waals surface area contributed by atoms with Gasteiger partial charge in [0.2, 0.25) is 5.82 Å². The molecule has 0 saturated carbocycles. The van der Waals surface area contributed by atoms with Crippen LogP contribution in [0.4, 0.5) is 22.0 Å². The van der Waals surface area contributed by atoms with Crippen LogP contribution in [-0.2, 0) is 6.42 Å². The molecule has 2 aromatic rings. The number of ether oxygens (including phenoxy) is 1. The molecule has 28 heavy (non-hydrogen) atoms. The second-order valence-corrected chi connectivity index (χ2v) is 6.50. The van der Waals surface area contributed by atoms with Crippen molar-refractivity contribution in [1.82, 2.24) is 0 Å². The molecule has 0 bridgehead atoms. The Morgan fingerprint density at radius 2 is 1.25 bits per heavy atom. The van der Waals surface area contributed by atoms with Gasteiger partial charge in [0.1, 0.15) is 11.3 Å². The van der Waals surface area contributed by atoms with Crippen LogP contribution in [0.3, 0.4) is 0 Å². The van der Waals surface area contributed by atoms with Gasteiger partial charge >= 0.3 is 5.97 Å². The van der Waals surface area contributed by atoms with Gasteiger partial charge in [-0.3, -0.25) is 0 Å². The summed E-state index contributed by atoms with van der Waals surface area (Å²) in [5.74, 6) is -12.9. The second kappa shape index (κ2) is 10.2. The molecule has 0 aliphatic carbocycles. The van der Waals surface area contributed by atoms with E-state index in [9.17, 15) is 26.7 Å². The van der Waals surface area contributed by atoms with Crippen molar-refractivity contribution < 1.29 is 31.5 Å². The summed E-state index contributed by atoms with van der Waals surface area (Å²) in [7, 11) is 0. The Morgan fingerprint density at radius 3 is 1.82 bits per heavy atom. The highest BCUT2D eigenvalue weighted by Crippen LogP contribution is 2.25. The lowest BCUT2D eigenvalue weighted by molar-refractivity contribution is 0.0721. The maximum atomic E-state index is 13.6. The first kappa shape index (κ1) is 21.9. The molecule has 2 rings (SSSR count). The van der Waals surface area contributed by atoms with Gasteiger partial charge in [0.15, 0.2) is 23.3 Å². The summed E-state index contributed by atoms with van der Waals surface area (Å²) in [4.78, 5) is 11.9. The van der Waals surface area contributed by atoms with Crippen molar-refractivity contribution in [1.29, 1.82) is 0 Å². The molecule has 2 aromatic carbocycles. The zero-order valence-electron chi connectivity index (χ0n) is 15.5. The number of halogens is 5. The Hall–Kier alpha value is -2.44. The maximum Gasteiger partial charge on any atom is 0.349 e. The Morgan fingerprint density at radius 1 is 0.750 bits per heavy atom. The normalized spacial score (nSPS) is 10.9. The van der Waals surface area contributed by atoms with Crippen molar-refractivity contribution in [2.75, 3.05) is 0 Å². The van der Waals surface area contributed by atoms with Crippen LogP contribution in [0.25, 0.3) is 0 Å². The van der Waals surface area contributed by atoms with E-state index < -0.39 is 40.6 Å². The van der Waals surface area contributed by atoms with E-state index in [0.29, 0.717) is 0 Å². The zero-order valence-corrected chi connectivity index (χ0v) is 15.5. The molecule has 0 spiro atoms. The van der Waals surface area contributed by atoms with Crippen LogP contribution in [0.1, 0.15) is 61.4 Å². The Kier molecular flexibility index (Phi) is 7.96. The molecule has 0 heterocycles. The van der Waals surface area contributed by atoms with E-state index in [1.807, 2.05) is 0 Å². The molecule has 152 valence electrons. The van der Waals surface area contributed by atoms with Crippen LogP contribution >= 0.6 is 0 Å². The first-order valence-electron chi connectivity index (χ1n) is 9.19. The summed E-state index contributed by atoms with van der Waals surface area (Å²) in [6, 6.07) is 6.20. The molecule has 0 saturated heterocycles. The fourth-order valence-electron chi connectivity index (χ4n) is 2.78. The fourth-order valence-corrected chi connectivity index (χ4v) is 2.78. The molecule has 0 fully saturated rings. The summed E-state index contributed by atoms with van der Waals surface area (Å²) in [6.45, 7) is 2.15. The highest BCUT2D eigenvalue weighted by atomic mass is 19.2.